The van der Waals surface area contributed by atoms with Crippen molar-refractivity contribution in [3.05, 3.63) is 64.3 Å². The van der Waals surface area contributed by atoms with Crippen LogP contribution in [-0.2, 0) is 5.75 Å². The van der Waals surface area contributed by atoms with Crippen LogP contribution in [0.3, 0.4) is 0 Å². The van der Waals surface area contributed by atoms with E-state index >= 15 is 0 Å². The van der Waals surface area contributed by atoms with E-state index in [1.807, 2.05) is 24.3 Å². The molecule has 0 atom stereocenters. The second-order valence-electron chi connectivity index (χ2n) is 6.41. The van der Waals surface area contributed by atoms with Crippen molar-refractivity contribution in [2.75, 3.05) is 7.11 Å². The average molecular weight is 412 g/mol. The van der Waals surface area contributed by atoms with Crippen molar-refractivity contribution < 1.29 is 9.15 Å². The Bertz CT molecular complexity index is 1140. The van der Waals surface area contributed by atoms with Gasteiger partial charge >= 0.3 is 0 Å². The summed E-state index contributed by atoms with van der Waals surface area (Å²) >= 11 is 7.86. The Morgan fingerprint density at radius 3 is 2.61 bits per heavy atom. The summed E-state index contributed by atoms with van der Waals surface area (Å²) in [6, 6.07) is 13.7. The molecule has 0 N–H and O–H groups in total. The summed E-state index contributed by atoms with van der Waals surface area (Å²) in [6.07, 6.45) is 0. The minimum Gasteiger partial charge on any atom is -0.497 e. The number of aromatic nitrogens is 3. The van der Waals surface area contributed by atoms with Crippen molar-refractivity contribution in [3.8, 4) is 17.2 Å². The molecule has 0 fully saturated rings. The lowest BCUT2D eigenvalue weighted by Gasteiger charge is -2.08. The van der Waals surface area contributed by atoms with Gasteiger partial charge in [-0.05, 0) is 55.3 Å². The van der Waals surface area contributed by atoms with E-state index in [0.717, 1.165) is 33.3 Å². The average Bonchev–Trinajstić information content (AvgIpc) is 3.19. The maximum Gasteiger partial charge on any atom is 0.277 e. The zero-order valence-electron chi connectivity index (χ0n) is 15.7. The summed E-state index contributed by atoms with van der Waals surface area (Å²) in [5, 5.41) is 10.3. The van der Waals surface area contributed by atoms with E-state index in [9.17, 15) is 0 Å². The number of rotatable bonds is 5. The summed E-state index contributed by atoms with van der Waals surface area (Å²) < 4.78 is 10.9. The molecule has 0 saturated carbocycles. The van der Waals surface area contributed by atoms with Gasteiger partial charge in [0.15, 0.2) is 0 Å². The van der Waals surface area contributed by atoms with Gasteiger partial charge in [0.05, 0.1) is 12.6 Å². The monoisotopic (exact) mass is 411 g/mol. The van der Waals surface area contributed by atoms with Gasteiger partial charge < -0.3 is 9.15 Å². The normalized spacial score (nSPS) is 11.1. The largest absolute Gasteiger partial charge is 0.497 e. The van der Waals surface area contributed by atoms with Crippen molar-refractivity contribution in [1.29, 1.82) is 0 Å². The molecule has 0 amide bonds. The summed E-state index contributed by atoms with van der Waals surface area (Å²) in [6.45, 7) is 4.14. The maximum atomic E-state index is 6.42. The predicted octanol–water partition coefficient (Wildman–Crippen LogP) is 5.86. The van der Waals surface area contributed by atoms with E-state index in [4.69, 9.17) is 20.8 Å². The van der Waals surface area contributed by atoms with Gasteiger partial charge in [-0.25, -0.2) is 4.98 Å². The number of benzene rings is 2. The zero-order valence-corrected chi connectivity index (χ0v) is 17.3. The lowest BCUT2D eigenvalue weighted by molar-refractivity contribution is 0.414. The van der Waals surface area contributed by atoms with E-state index in [-0.39, 0.29) is 0 Å². The lowest BCUT2D eigenvalue weighted by atomic mass is 10.0. The lowest BCUT2D eigenvalue weighted by Crippen LogP contribution is -1.92. The smallest absolute Gasteiger partial charge is 0.277 e. The number of hydrogen-bond acceptors (Lipinski definition) is 6. The van der Waals surface area contributed by atoms with Crippen LogP contribution in [0.4, 0.5) is 0 Å². The number of methoxy groups -OCH3 is 1. The summed E-state index contributed by atoms with van der Waals surface area (Å²) in [5.74, 6) is 1.85. The summed E-state index contributed by atoms with van der Waals surface area (Å²) in [7, 11) is 1.63. The first-order valence-electron chi connectivity index (χ1n) is 8.71. The molecule has 0 aliphatic rings. The molecule has 4 rings (SSSR count). The first kappa shape index (κ1) is 18.8. The molecule has 7 heteroatoms. The highest BCUT2D eigenvalue weighted by Crippen LogP contribution is 2.31. The third-order valence-corrected chi connectivity index (χ3v) is 5.83. The highest BCUT2D eigenvalue weighted by molar-refractivity contribution is 7.98. The van der Waals surface area contributed by atoms with Gasteiger partial charge in [0.25, 0.3) is 5.22 Å². The van der Waals surface area contributed by atoms with E-state index in [0.29, 0.717) is 22.0 Å². The van der Waals surface area contributed by atoms with Gasteiger partial charge in [-0.3, -0.25) is 0 Å². The molecule has 2 heterocycles. The van der Waals surface area contributed by atoms with Gasteiger partial charge in [-0.2, -0.15) is 0 Å². The quantitative estimate of drug-likeness (QED) is 0.303. The van der Waals surface area contributed by atoms with Crippen LogP contribution in [0.15, 0.2) is 52.1 Å². The molecule has 5 nitrogen and oxygen atoms in total. The van der Waals surface area contributed by atoms with E-state index in [1.165, 1.54) is 17.3 Å². The van der Waals surface area contributed by atoms with Crippen LogP contribution in [-0.4, -0.2) is 22.3 Å². The fourth-order valence-corrected chi connectivity index (χ4v) is 3.88. The topological polar surface area (TPSA) is 61.0 Å². The molecular formula is C21H18ClN3O2S. The van der Waals surface area contributed by atoms with Crippen molar-refractivity contribution in [1.82, 2.24) is 15.2 Å². The van der Waals surface area contributed by atoms with E-state index < -0.39 is 0 Å². The molecular weight excluding hydrogens is 394 g/mol. The molecule has 2 aromatic heterocycles. The molecule has 2 aromatic carbocycles. The van der Waals surface area contributed by atoms with Gasteiger partial charge in [-0.15, -0.1) is 10.2 Å². The standard InChI is InChI=1S/C21H18ClN3O2S/c1-12-4-5-15-10-16(19(22)23-18(15)13(12)2)11-28-21-25-24-20(27-21)14-6-8-17(26-3)9-7-14/h4-10H,11H2,1-3H3. The van der Waals surface area contributed by atoms with E-state index in [2.05, 4.69) is 47.2 Å². The first-order chi connectivity index (χ1) is 13.5. The Kier molecular flexibility index (Phi) is 5.24. The Balaban J connectivity index is 1.52. The molecule has 0 unspecified atom stereocenters. The Morgan fingerprint density at radius 2 is 1.86 bits per heavy atom. The number of aryl methyl sites for hydroxylation is 2. The fourth-order valence-electron chi connectivity index (χ4n) is 2.86. The number of ether oxygens (including phenoxy) is 1. The Morgan fingerprint density at radius 1 is 1.07 bits per heavy atom. The third kappa shape index (κ3) is 3.70. The van der Waals surface area contributed by atoms with Crippen LogP contribution in [0.5, 0.6) is 5.75 Å². The molecule has 142 valence electrons. The number of thioether (sulfide) groups is 1. The second-order valence-corrected chi connectivity index (χ2v) is 7.69. The van der Waals surface area contributed by atoms with Crippen LogP contribution in [0.25, 0.3) is 22.4 Å². The van der Waals surface area contributed by atoms with Gasteiger partial charge in [0.1, 0.15) is 10.9 Å². The number of halogens is 1. The number of pyridine rings is 1. The molecule has 4 aromatic rings. The molecule has 0 saturated heterocycles. The molecule has 0 bridgehead atoms. The molecule has 0 aliphatic heterocycles. The van der Waals surface area contributed by atoms with E-state index in [1.54, 1.807) is 7.11 Å². The van der Waals surface area contributed by atoms with Crippen molar-refractivity contribution >= 4 is 34.3 Å². The predicted molar refractivity (Wildman–Crippen MR) is 112 cm³/mol. The minimum atomic E-state index is 0.471. The highest BCUT2D eigenvalue weighted by atomic mass is 35.5. The van der Waals surface area contributed by atoms with Crippen molar-refractivity contribution in [2.24, 2.45) is 0 Å². The van der Waals surface area contributed by atoms with Crippen LogP contribution < -0.4 is 4.74 Å². The number of nitrogens with zero attached hydrogens (tertiary/aromatic N) is 3. The van der Waals surface area contributed by atoms with Crippen LogP contribution in [0, 0.1) is 13.8 Å². The molecule has 0 aliphatic carbocycles. The van der Waals surface area contributed by atoms with Crippen molar-refractivity contribution in [2.45, 2.75) is 24.8 Å². The van der Waals surface area contributed by atoms with Gasteiger partial charge in [0, 0.05) is 22.3 Å². The van der Waals surface area contributed by atoms with Gasteiger partial charge in [0.2, 0.25) is 5.89 Å². The molecule has 0 radical (unpaired) electrons. The highest BCUT2D eigenvalue weighted by Gasteiger charge is 2.12. The maximum absolute atomic E-state index is 6.42. The van der Waals surface area contributed by atoms with Crippen LogP contribution in [0.1, 0.15) is 16.7 Å². The third-order valence-electron chi connectivity index (χ3n) is 4.63. The van der Waals surface area contributed by atoms with Crippen LogP contribution >= 0.6 is 23.4 Å². The van der Waals surface area contributed by atoms with Crippen LogP contribution in [0.2, 0.25) is 5.15 Å². The summed E-state index contributed by atoms with van der Waals surface area (Å²) in [5.41, 5.74) is 5.08. The molecule has 28 heavy (non-hydrogen) atoms. The fraction of sp³-hybridized carbons (Fsp3) is 0.190. The SMILES string of the molecule is COc1ccc(-c2nnc(SCc3cc4ccc(C)c(C)c4nc3Cl)o2)cc1. The van der Waals surface area contributed by atoms with Gasteiger partial charge in [-0.1, -0.05) is 35.5 Å². The number of hydrogen-bond donors (Lipinski definition) is 0. The Labute approximate surface area is 172 Å². The minimum absolute atomic E-state index is 0.471. The summed E-state index contributed by atoms with van der Waals surface area (Å²) in [4.78, 5) is 4.59. The number of fused-ring (bicyclic) bond motifs is 1. The Hall–Kier alpha value is -2.57. The second kappa shape index (κ2) is 7.81. The molecule has 0 spiro atoms. The zero-order chi connectivity index (χ0) is 19.7. The van der Waals surface area contributed by atoms with Crippen molar-refractivity contribution in [3.63, 3.8) is 0 Å². The first-order valence-corrected chi connectivity index (χ1v) is 10.1.